The zero-order valence-corrected chi connectivity index (χ0v) is 5.34. The van der Waals surface area contributed by atoms with Crippen LogP contribution in [0, 0.1) is 6.07 Å². The Morgan fingerprint density at radius 2 is 2.67 bits per heavy atom. The Morgan fingerprint density at radius 3 is 2.83 bits per heavy atom. The fourth-order valence-corrected chi connectivity index (χ4v) is 1.26. The topological polar surface area (TPSA) is 0 Å². The fraction of sp³-hybridized carbons (Fsp3) is 0. The molecule has 0 nitrogen and oxygen atoms in total. The summed E-state index contributed by atoms with van der Waals surface area (Å²) in [6.07, 6.45) is 0. The summed E-state index contributed by atoms with van der Waals surface area (Å²) in [7, 11) is 0. The van der Waals surface area contributed by atoms with E-state index in [9.17, 15) is 0 Å². The van der Waals surface area contributed by atoms with Crippen molar-refractivity contribution in [1.29, 1.82) is 0 Å². The van der Waals surface area contributed by atoms with E-state index in [2.05, 4.69) is 22.0 Å². The highest BCUT2D eigenvalue weighted by Crippen LogP contribution is 2.10. The maximum Gasteiger partial charge on any atom is 0.0361 e. The van der Waals surface area contributed by atoms with Crippen molar-refractivity contribution < 1.29 is 0 Å². The van der Waals surface area contributed by atoms with Gasteiger partial charge in [0.05, 0.1) is 0 Å². The Balaban J connectivity index is 3.05. The van der Waals surface area contributed by atoms with E-state index in [1.54, 1.807) is 11.3 Å². The number of halogens is 1. The van der Waals surface area contributed by atoms with Crippen LogP contribution >= 0.6 is 27.3 Å². The van der Waals surface area contributed by atoms with Crippen molar-refractivity contribution >= 4 is 27.3 Å². The Bertz CT molecular complexity index is 111. The molecule has 0 amide bonds. The molecule has 1 aromatic rings. The van der Waals surface area contributed by atoms with Gasteiger partial charge in [-0.3, -0.25) is 0 Å². The molecule has 0 aliphatic rings. The van der Waals surface area contributed by atoms with Gasteiger partial charge in [0.25, 0.3) is 0 Å². The Hall–Kier alpha value is 0.180. The molecular weight excluding hydrogens is 160 g/mol. The van der Waals surface area contributed by atoms with Crippen molar-refractivity contribution in [1.82, 2.24) is 0 Å². The quantitative estimate of drug-likeness (QED) is 0.549. The van der Waals surface area contributed by atoms with Gasteiger partial charge in [-0.25, -0.2) is 0 Å². The highest BCUT2D eigenvalue weighted by atomic mass is 79.9. The van der Waals surface area contributed by atoms with Gasteiger partial charge in [0.1, 0.15) is 0 Å². The van der Waals surface area contributed by atoms with Gasteiger partial charge in [0.15, 0.2) is 0 Å². The van der Waals surface area contributed by atoms with E-state index in [0.29, 0.717) is 0 Å². The van der Waals surface area contributed by atoms with Crippen LogP contribution in [0.5, 0.6) is 0 Å². The van der Waals surface area contributed by atoms with Gasteiger partial charge in [-0.05, 0) is 21.3 Å². The predicted octanol–water partition coefficient (Wildman–Crippen LogP) is 2.31. The predicted molar refractivity (Wildman–Crippen MR) is 30.9 cm³/mol. The second-order valence-electron chi connectivity index (χ2n) is 0.864. The van der Waals surface area contributed by atoms with Crippen molar-refractivity contribution in [2.75, 3.05) is 0 Å². The van der Waals surface area contributed by atoms with Crippen LogP contribution in [-0.4, -0.2) is 0 Å². The molecule has 2 heteroatoms. The zero-order chi connectivity index (χ0) is 4.41. The maximum absolute atomic E-state index is 3.24. The lowest BCUT2D eigenvalue weighted by atomic mass is 10.7. The highest BCUT2D eigenvalue weighted by Gasteiger charge is 1.78. The number of thiophene rings is 1. The summed E-state index contributed by atoms with van der Waals surface area (Å²) in [5.74, 6) is 0. The molecule has 1 aromatic heterocycles. The second-order valence-corrected chi connectivity index (χ2v) is 2.46. The highest BCUT2D eigenvalue weighted by molar-refractivity contribution is 9.10. The van der Waals surface area contributed by atoms with Crippen molar-refractivity contribution in [2.45, 2.75) is 0 Å². The van der Waals surface area contributed by atoms with Crippen LogP contribution in [0.2, 0.25) is 0 Å². The summed E-state index contributed by atoms with van der Waals surface area (Å²) < 4.78 is 1.05. The van der Waals surface area contributed by atoms with E-state index < -0.39 is 0 Å². The standard InChI is InChI=1S/C4H2BrS/c5-4-1-2-6-3-4/h2-3H. The van der Waals surface area contributed by atoms with E-state index in [4.69, 9.17) is 0 Å². The van der Waals surface area contributed by atoms with Crippen LogP contribution in [0.15, 0.2) is 15.2 Å². The largest absolute Gasteiger partial charge is 0.151 e. The van der Waals surface area contributed by atoms with Gasteiger partial charge in [-0.2, -0.15) is 11.3 Å². The second kappa shape index (κ2) is 1.76. The van der Waals surface area contributed by atoms with Gasteiger partial charge >= 0.3 is 0 Å². The van der Waals surface area contributed by atoms with Crippen LogP contribution in [0.4, 0.5) is 0 Å². The van der Waals surface area contributed by atoms with Gasteiger partial charge in [0.2, 0.25) is 0 Å². The van der Waals surface area contributed by atoms with E-state index in [0.717, 1.165) is 4.47 Å². The molecule has 0 N–H and O–H groups in total. The fourth-order valence-electron chi connectivity index (χ4n) is 0.218. The van der Waals surface area contributed by atoms with Crippen molar-refractivity contribution in [3.63, 3.8) is 0 Å². The number of hydrogen-bond donors (Lipinski definition) is 0. The first-order chi connectivity index (χ1) is 2.89. The molecule has 0 saturated carbocycles. The van der Waals surface area contributed by atoms with E-state index >= 15 is 0 Å². The van der Waals surface area contributed by atoms with Gasteiger partial charge in [-0.1, -0.05) is 0 Å². The summed E-state index contributed by atoms with van der Waals surface area (Å²) in [5.41, 5.74) is 0. The minimum absolute atomic E-state index is 1.05. The molecule has 1 radical (unpaired) electrons. The number of rotatable bonds is 0. The molecule has 0 aromatic carbocycles. The third-order valence-corrected chi connectivity index (χ3v) is 1.82. The minimum Gasteiger partial charge on any atom is -0.151 e. The lowest BCUT2D eigenvalue weighted by Gasteiger charge is -1.61. The molecule has 0 aliphatic heterocycles. The minimum atomic E-state index is 1.05. The molecule has 0 atom stereocenters. The number of hydrogen-bond acceptors (Lipinski definition) is 1. The smallest absolute Gasteiger partial charge is 0.0361 e. The molecule has 31 valence electrons. The first kappa shape index (κ1) is 4.34. The van der Waals surface area contributed by atoms with Crippen molar-refractivity contribution in [3.05, 3.63) is 21.3 Å². The summed E-state index contributed by atoms with van der Waals surface area (Å²) in [6.45, 7) is 0. The summed E-state index contributed by atoms with van der Waals surface area (Å²) >= 11 is 4.87. The molecule has 0 unspecified atom stereocenters. The Labute approximate surface area is 48.9 Å². The zero-order valence-electron chi connectivity index (χ0n) is 2.94. The van der Waals surface area contributed by atoms with E-state index in [1.807, 2.05) is 10.8 Å². The molecule has 0 bridgehead atoms. The molecule has 6 heavy (non-hydrogen) atoms. The van der Waals surface area contributed by atoms with Crippen molar-refractivity contribution in [3.8, 4) is 0 Å². The maximum atomic E-state index is 3.24. The van der Waals surface area contributed by atoms with Crippen LogP contribution in [0.3, 0.4) is 0 Å². The first-order valence-electron chi connectivity index (χ1n) is 1.49. The normalized spacial score (nSPS) is 8.83. The monoisotopic (exact) mass is 161 g/mol. The molecule has 0 fully saturated rings. The molecule has 0 spiro atoms. The molecule has 1 rings (SSSR count). The summed E-state index contributed by atoms with van der Waals surface area (Å²) in [4.78, 5) is 0. The average molecular weight is 162 g/mol. The molecule has 1 heterocycles. The summed E-state index contributed by atoms with van der Waals surface area (Å²) in [5, 5.41) is 3.89. The lowest BCUT2D eigenvalue weighted by molar-refractivity contribution is 1.87. The SMILES string of the molecule is Brc1[c]csc1. The van der Waals surface area contributed by atoms with Crippen LogP contribution in [-0.2, 0) is 0 Å². The van der Waals surface area contributed by atoms with Gasteiger partial charge in [0, 0.05) is 15.9 Å². The van der Waals surface area contributed by atoms with Gasteiger partial charge in [-0.15, -0.1) is 0 Å². The van der Waals surface area contributed by atoms with Crippen LogP contribution in [0.25, 0.3) is 0 Å². The van der Waals surface area contributed by atoms with E-state index in [-0.39, 0.29) is 0 Å². The lowest BCUT2D eigenvalue weighted by Crippen LogP contribution is -1.36. The summed E-state index contributed by atoms with van der Waals surface area (Å²) in [6, 6.07) is 2.94. The van der Waals surface area contributed by atoms with Crippen molar-refractivity contribution in [2.24, 2.45) is 0 Å². The Kier molecular flexibility index (Phi) is 1.27. The Morgan fingerprint density at radius 1 is 1.83 bits per heavy atom. The van der Waals surface area contributed by atoms with Crippen LogP contribution in [0.1, 0.15) is 0 Å². The average Bonchev–Trinajstić information content (AvgIpc) is 1.86. The third-order valence-electron chi connectivity index (χ3n) is 0.436. The van der Waals surface area contributed by atoms with Crippen LogP contribution < -0.4 is 0 Å². The molecule has 0 aliphatic carbocycles. The molecule has 0 saturated heterocycles. The first-order valence-corrected chi connectivity index (χ1v) is 3.22. The van der Waals surface area contributed by atoms with E-state index in [1.165, 1.54) is 0 Å². The molecular formula is C4H2BrS. The third kappa shape index (κ3) is 0.820. The van der Waals surface area contributed by atoms with Gasteiger partial charge < -0.3 is 0 Å².